The maximum Gasteiger partial charge on any atom is 0.226 e. The van der Waals surface area contributed by atoms with Gasteiger partial charge in [-0.05, 0) is 18.9 Å². The molecule has 1 aliphatic heterocycles. The molecule has 0 spiro atoms. The van der Waals surface area contributed by atoms with Crippen LogP contribution in [-0.4, -0.2) is 23.1 Å². The summed E-state index contributed by atoms with van der Waals surface area (Å²) < 4.78 is 0. The summed E-state index contributed by atoms with van der Waals surface area (Å²) in [7, 11) is 0. The number of aromatic nitrogens is 2. The standard InChI is InChI=1S/C17H22N4/c18-13-15-12-16(14-8-4-3-5-9-14)20-17(19-15)21-10-6-1-2-7-11-21/h3-5,8-9,12H,1-2,6-7,10-11,13,18H2. The molecule has 1 aliphatic rings. The number of benzene rings is 1. The van der Waals surface area contributed by atoms with E-state index in [1.165, 1.54) is 25.7 Å². The molecule has 3 rings (SSSR count). The Balaban J connectivity index is 1.96. The number of hydrogen-bond acceptors (Lipinski definition) is 4. The summed E-state index contributed by atoms with van der Waals surface area (Å²) in [6.45, 7) is 2.54. The molecule has 4 heteroatoms. The molecule has 1 aromatic carbocycles. The maximum absolute atomic E-state index is 5.82. The van der Waals surface area contributed by atoms with Gasteiger partial charge >= 0.3 is 0 Å². The SMILES string of the molecule is NCc1cc(-c2ccccc2)nc(N2CCCCCC2)n1. The quantitative estimate of drug-likeness (QED) is 0.940. The van der Waals surface area contributed by atoms with E-state index in [1.54, 1.807) is 0 Å². The molecule has 21 heavy (non-hydrogen) atoms. The highest BCUT2D eigenvalue weighted by Gasteiger charge is 2.14. The Morgan fingerprint density at radius 1 is 0.952 bits per heavy atom. The van der Waals surface area contributed by atoms with E-state index in [0.29, 0.717) is 6.54 Å². The average Bonchev–Trinajstić information content (AvgIpc) is 2.84. The lowest BCUT2D eigenvalue weighted by Gasteiger charge is -2.21. The summed E-state index contributed by atoms with van der Waals surface area (Å²) in [5.74, 6) is 0.832. The lowest BCUT2D eigenvalue weighted by molar-refractivity contribution is 0.726. The van der Waals surface area contributed by atoms with E-state index in [9.17, 15) is 0 Å². The van der Waals surface area contributed by atoms with Gasteiger partial charge < -0.3 is 10.6 Å². The van der Waals surface area contributed by atoms with Crippen LogP contribution in [0.15, 0.2) is 36.4 Å². The van der Waals surface area contributed by atoms with E-state index in [1.807, 2.05) is 24.3 Å². The average molecular weight is 282 g/mol. The zero-order valence-corrected chi connectivity index (χ0v) is 12.3. The molecule has 0 radical (unpaired) electrons. The monoisotopic (exact) mass is 282 g/mol. The molecule has 0 saturated carbocycles. The van der Waals surface area contributed by atoms with Crippen molar-refractivity contribution in [2.24, 2.45) is 5.73 Å². The Bertz CT molecular complexity index is 575. The molecule has 1 saturated heterocycles. The molecule has 1 fully saturated rings. The number of nitrogens with two attached hydrogens (primary N) is 1. The minimum atomic E-state index is 0.448. The fourth-order valence-electron chi connectivity index (χ4n) is 2.76. The molecule has 2 aromatic rings. The van der Waals surface area contributed by atoms with E-state index in [0.717, 1.165) is 36.0 Å². The molecule has 0 aliphatic carbocycles. The fraction of sp³-hybridized carbons (Fsp3) is 0.412. The third-order valence-electron chi connectivity index (χ3n) is 3.93. The highest BCUT2D eigenvalue weighted by atomic mass is 15.2. The Labute approximate surface area is 126 Å². The summed E-state index contributed by atoms with van der Waals surface area (Å²) >= 11 is 0. The van der Waals surface area contributed by atoms with Crippen LogP contribution in [-0.2, 0) is 6.54 Å². The smallest absolute Gasteiger partial charge is 0.226 e. The van der Waals surface area contributed by atoms with Gasteiger partial charge in [-0.15, -0.1) is 0 Å². The lowest BCUT2D eigenvalue weighted by Crippen LogP contribution is -2.26. The first-order chi connectivity index (χ1) is 10.4. The molecular weight excluding hydrogens is 260 g/mol. The van der Waals surface area contributed by atoms with Crippen molar-refractivity contribution in [3.8, 4) is 11.3 Å². The predicted molar refractivity (Wildman–Crippen MR) is 86.0 cm³/mol. The van der Waals surface area contributed by atoms with Gasteiger partial charge in [-0.3, -0.25) is 0 Å². The van der Waals surface area contributed by atoms with Crippen LogP contribution in [0.5, 0.6) is 0 Å². The van der Waals surface area contributed by atoms with Crippen molar-refractivity contribution >= 4 is 5.95 Å². The summed E-state index contributed by atoms with van der Waals surface area (Å²) in [6.07, 6.45) is 5.05. The van der Waals surface area contributed by atoms with Crippen LogP contribution in [0, 0.1) is 0 Å². The van der Waals surface area contributed by atoms with Gasteiger partial charge in [0.1, 0.15) is 0 Å². The molecule has 2 N–H and O–H groups in total. The van der Waals surface area contributed by atoms with Crippen molar-refractivity contribution in [3.05, 3.63) is 42.1 Å². The van der Waals surface area contributed by atoms with Gasteiger partial charge in [0, 0.05) is 25.2 Å². The summed E-state index contributed by atoms with van der Waals surface area (Å²) in [5.41, 5.74) is 8.80. The second kappa shape index (κ2) is 6.68. The van der Waals surface area contributed by atoms with Gasteiger partial charge in [-0.1, -0.05) is 43.2 Å². The second-order valence-corrected chi connectivity index (χ2v) is 5.52. The Morgan fingerprint density at radius 3 is 2.33 bits per heavy atom. The van der Waals surface area contributed by atoms with E-state index in [-0.39, 0.29) is 0 Å². The van der Waals surface area contributed by atoms with Gasteiger partial charge in [0.15, 0.2) is 0 Å². The number of nitrogens with zero attached hydrogens (tertiary/aromatic N) is 3. The van der Waals surface area contributed by atoms with Crippen LogP contribution < -0.4 is 10.6 Å². The normalized spacial score (nSPS) is 15.8. The predicted octanol–water partition coefficient (Wildman–Crippen LogP) is 2.98. The van der Waals surface area contributed by atoms with Gasteiger partial charge in [0.25, 0.3) is 0 Å². The molecule has 110 valence electrons. The van der Waals surface area contributed by atoms with Crippen molar-refractivity contribution < 1.29 is 0 Å². The van der Waals surface area contributed by atoms with Gasteiger partial charge in [0.05, 0.1) is 11.4 Å². The van der Waals surface area contributed by atoms with Crippen LogP contribution in [0.2, 0.25) is 0 Å². The van der Waals surface area contributed by atoms with E-state index in [2.05, 4.69) is 22.0 Å². The highest BCUT2D eigenvalue weighted by molar-refractivity contribution is 5.60. The first kappa shape index (κ1) is 14.0. The van der Waals surface area contributed by atoms with Crippen molar-refractivity contribution in [2.75, 3.05) is 18.0 Å². The molecule has 2 heterocycles. The molecule has 1 aromatic heterocycles. The number of hydrogen-bond donors (Lipinski definition) is 1. The Kier molecular flexibility index (Phi) is 4.46. The van der Waals surface area contributed by atoms with Gasteiger partial charge in [-0.25, -0.2) is 9.97 Å². The third kappa shape index (κ3) is 3.39. The fourth-order valence-corrected chi connectivity index (χ4v) is 2.76. The summed E-state index contributed by atoms with van der Waals surface area (Å²) in [4.78, 5) is 11.7. The molecule has 0 bridgehead atoms. The largest absolute Gasteiger partial charge is 0.341 e. The van der Waals surface area contributed by atoms with Gasteiger partial charge in [0.2, 0.25) is 5.95 Å². The molecule has 4 nitrogen and oxygen atoms in total. The van der Waals surface area contributed by atoms with E-state index < -0.39 is 0 Å². The number of anilines is 1. The first-order valence-corrected chi connectivity index (χ1v) is 7.75. The van der Waals surface area contributed by atoms with Crippen molar-refractivity contribution in [3.63, 3.8) is 0 Å². The van der Waals surface area contributed by atoms with Crippen LogP contribution in [0.25, 0.3) is 11.3 Å². The zero-order chi connectivity index (χ0) is 14.5. The number of rotatable bonds is 3. The second-order valence-electron chi connectivity index (χ2n) is 5.52. The van der Waals surface area contributed by atoms with Gasteiger partial charge in [-0.2, -0.15) is 0 Å². The summed E-state index contributed by atoms with van der Waals surface area (Å²) in [5, 5.41) is 0. The third-order valence-corrected chi connectivity index (χ3v) is 3.93. The van der Waals surface area contributed by atoms with Crippen LogP contribution in [0.4, 0.5) is 5.95 Å². The van der Waals surface area contributed by atoms with Crippen LogP contribution >= 0.6 is 0 Å². The van der Waals surface area contributed by atoms with Crippen molar-refractivity contribution in [2.45, 2.75) is 32.2 Å². The van der Waals surface area contributed by atoms with E-state index in [4.69, 9.17) is 10.7 Å². The maximum atomic E-state index is 5.82. The Morgan fingerprint density at radius 2 is 1.67 bits per heavy atom. The zero-order valence-electron chi connectivity index (χ0n) is 12.3. The topological polar surface area (TPSA) is 55.0 Å². The molecular formula is C17H22N4. The van der Waals surface area contributed by atoms with Crippen molar-refractivity contribution in [1.29, 1.82) is 0 Å². The Hall–Kier alpha value is -1.94. The first-order valence-electron chi connectivity index (χ1n) is 7.75. The summed E-state index contributed by atoms with van der Waals surface area (Å²) in [6, 6.07) is 12.2. The van der Waals surface area contributed by atoms with E-state index >= 15 is 0 Å². The minimum Gasteiger partial charge on any atom is -0.341 e. The molecule has 0 unspecified atom stereocenters. The minimum absolute atomic E-state index is 0.448. The van der Waals surface area contributed by atoms with Crippen molar-refractivity contribution in [1.82, 2.24) is 9.97 Å². The van der Waals surface area contributed by atoms with Crippen LogP contribution in [0.3, 0.4) is 0 Å². The highest BCUT2D eigenvalue weighted by Crippen LogP contribution is 2.22. The molecule has 0 amide bonds. The van der Waals surface area contributed by atoms with Crippen LogP contribution in [0.1, 0.15) is 31.4 Å². The lowest BCUT2D eigenvalue weighted by atomic mass is 10.1. The molecule has 0 atom stereocenters.